The second-order valence-electron chi connectivity index (χ2n) is 22.7. The molecule has 0 aliphatic heterocycles. The molecule has 0 saturated heterocycles. The number of tetrazole rings is 3. The number of rotatable bonds is 12. The maximum Gasteiger partial charge on any atom is 0.368 e. The topological polar surface area (TPSA) is 158 Å². The average Bonchev–Trinajstić information content (AvgIpc) is 1.77. The third-order valence-electron chi connectivity index (χ3n) is 16.0. The molecule has 15 nitrogen and oxygen atoms in total. The molecule has 90 heavy (non-hydrogen) atoms. The molecular weight excluding hydrogens is 1120 g/mol. The first kappa shape index (κ1) is 61.9. The van der Waals surface area contributed by atoms with E-state index in [1.807, 2.05) is 93.6 Å². The fraction of sp³-hybridized carbons (Fsp3) is 0.160. The minimum absolute atomic E-state index is 0.269. The van der Waals surface area contributed by atoms with Crippen LogP contribution in [0.5, 0.6) is 0 Å². The van der Waals surface area contributed by atoms with E-state index >= 15 is 0 Å². The van der Waals surface area contributed by atoms with E-state index in [1.165, 1.54) is 94.9 Å². The number of hydrogen-bond donors (Lipinski definition) is 0. The summed E-state index contributed by atoms with van der Waals surface area (Å²) in [5.74, 6) is 0. The van der Waals surface area contributed by atoms with E-state index in [0.29, 0.717) is 0 Å². The van der Waals surface area contributed by atoms with Crippen LogP contribution in [0.1, 0.15) is 83.5 Å². The smallest absolute Gasteiger partial charge is 0.244 e. The lowest BCUT2D eigenvalue weighted by Gasteiger charge is -2.10. The quantitative estimate of drug-likeness (QED) is 0.109. The summed E-state index contributed by atoms with van der Waals surface area (Å²) in [6.45, 7) is 18.8. The zero-order valence-electron chi connectivity index (χ0n) is 52.9. The summed E-state index contributed by atoms with van der Waals surface area (Å²) in [4.78, 5) is 37.0. The summed E-state index contributed by atoms with van der Waals surface area (Å²) < 4.78 is 7.68. The average molecular weight is 1190 g/mol. The normalized spacial score (nSPS) is 11.3. The first-order valence-corrected chi connectivity index (χ1v) is 29.7. The molecule has 12 aromatic rings. The van der Waals surface area contributed by atoms with Crippen LogP contribution >= 0.6 is 0 Å². The summed E-state index contributed by atoms with van der Waals surface area (Å²) >= 11 is 0. The molecule has 0 amide bonds. The van der Waals surface area contributed by atoms with Crippen LogP contribution in [0.2, 0.25) is 0 Å². The van der Waals surface area contributed by atoms with Crippen LogP contribution in [0.4, 0.5) is 0 Å². The van der Waals surface area contributed by atoms with Gasteiger partial charge >= 0.3 is 17.1 Å². The molecule has 0 N–H and O–H groups in total. The van der Waals surface area contributed by atoms with Gasteiger partial charge in [-0.1, -0.05) is 211 Å². The van der Waals surface area contributed by atoms with Crippen molar-refractivity contribution < 1.29 is 0 Å². The highest BCUT2D eigenvalue weighted by Crippen LogP contribution is 2.30. The molecule has 0 aliphatic carbocycles. The molecular formula is C75H72N12O3. The van der Waals surface area contributed by atoms with Crippen molar-refractivity contribution in [1.82, 2.24) is 59.4 Å². The fourth-order valence-electron chi connectivity index (χ4n) is 10.7. The van der Waals surface area contributed by atoms with E-state index in [9.17, 15) is 14.4 Å². The summed E-state index contributed by atoms with van der Waals surface area (Å²) in [5.41, 5.74) is 25.4. The van der Waals surface area contributed by atoms with Crippen LogP contribution in [0.25, 0.3) is 86.9 Å². The highest BCUT2D eigenvalue weighted by molar-refractivity contribution is 5.81. The standard InChI is InChI=1S/3C25H24N4O/c1-17-7-5-9-21(15-17)22-12-11-20(19(3)16-22)13-14-23-18(2)8-6-10-24(23)29-25(30)28(4)26-27-29;1-17-8-5-6-10-22(17)21-13-12-20(19(3)16-21)14-15-23-18(2)9-7-11-24(23)29-25(30)28(4)26-27-29;1-17-8-10-21(11-9-17)22-13-12-20(19(3)16-22)14-15-23-18(2)6-5-7-24(23)29-25(30)28(4)26-27-29/h3*5-16H,1-4H3/b14-13+;2*15-14+. The lowest BCUT2D eigenvalue weighted by atomic mass is 9.96. The molecule has 15 heteroatoms. The Morgan fingerprint density at radius 2 is 0.622 bits per heavy atom. The van der Waals surface area contributed by atoms with Gasteiger partial charge in [-0.05, 0) is 201 Å². The van der Waals surface area contributed by atoms with Crippen LogP contribution in [-0.4, -0.2) is 59.4 Å². The van der Waals surface area contributed by atoms with Crippen LogP contribution in [0.15, 0.2) is 196 Å². The van der Waals surface area contributed by atoms with Gasteiger partial charge in [-0.15, -0.1) is 0 Å². The molecule has 0 spiro atoms. The van der Waals surface area contributed by atoms with E-state index in [1.54, 1.807) is 21.1 Å². The second-order valence-corrected chi connectivity index (χ2v) is 22.7. The summed E-state index contributed by atoms with van der Waals surface area (Å²) in [6, 6.07) is 62.5. The summed E-state index contributed by atoms with van der Waals surface area (Å²) in [7, 11) is 4.78. The molecule has 450 valence electrons. The molecule has 3 heterocycles. The Hall–Kier alpha value is -11.2. The Bertz CT molecular complexity index is 4890. The first-order valence-electron chi connectivity index (χ1n) is 29.7. The largest absolute Gasteiger partial charge is 0.368 e. The number of aromatic nitrogens is 12. The van der Waals surface area contributed by atoms with Gasteiger partial charge < -0.3 is 0 Å². The van der Waals surface area contributed by atoms with Crippen molar-refractivity contribution in [2.45, 2.75) is 62.3 Å². The minimum Gasteiger partial charge on any atom is -0.244 e. The van der Waals surface area contributed by atoms with Gasteiger partial charge in [0.25, 0.3) is 0 Å². The molecule has 0 aliphatic rings. The van der Waals surface area contributed by atoms with Gasteiger partial charge in [-0.25, -0.2) is 14.4 Å². The maximum absolute atomic E-state index is 12.3. The third-order valence-corrected chi connectivity index (χ3v) is 16.0. The monoisotopic (exact) mass is 1190 g/mol. The summed E-state index contributed by atoms with van der Waals surface area (Å²) in [6.07, 6.45) is 12.4. The predicted octanol–water partition coefficient (Wildman–Crippen LogP) is 14.2. The molecule has 0 unspecified atom stereocenters. The van der Waals surface area contributed by atoms with Crippen molar-refractivity contribution >= 4 is 36.5 Å². The fourth-order valence-corrected chi connectivity index (χ4v) is 10.7. The lowest BCUT2D eigenvalue weighted by molar-refractivity contribution is 0.693. The highest BCUT2D eigenvalue weighted by Gasteiger charge is 2.15. The Balaban J connectivity index is 0.000000148. The Morgan fingerprint density at radius 1 is 0.278 bits per heavy atom. The van der Waals surface area contributed by atoms with E-state index in [-0.39, 0.29) is 17.1 Å². The minimum atomic E-state index is -0.270. The first-order chi connectivity index (χ1) is 43.3. The molecule has 0 atom stereocenters. The van der Waals surface area contributed by atoms with Crippen molar-refractivity contribution in [3.63, 3.8) is 0 Å². The maximum atomic E-state index is 12.3. The van der Waals surface area contributed by atoms with Crippen LogP contribution in [0.3, 0.4) is 0 Å². The van der Waals surface area contributed by atoms with Crippen molar-refractivity contribution in [1.29, 1.82) is 0 Å². The SMILES string of the molecule is Cc1cc(-c2ccccc2C)ccc1/C=C/c1c(C)cccc1-n1nnn(C)c1=O.Cc1ccc(-c2ccc(/C=C/c3c(C)cccc3-n3nnn(C)c3=O)c(C)c2)cc1.Cc1cccc(-c2ccc(/C=C/c3c(C)cccc3-n3nnn(C)c3=O)c(C)c2)c1. The Labute approximate surface area is 524 Å². The van der Waals surface area contributed by atoms with Crippen molar-refractivity contribution in [3.8, 4) is 50.4 Å². The van der Waals surface area contributed by atoms with Crippen LogP contribution in [-0.2, 0) is 21.1 Å². The Kier molecular flexibility index (Phi) is 18.7. The van der Waals surface area contributed by atoms with Crippen molar-refractivity contribution in [2.24, 2.45) is 21.1 Å². The molecule has 0 saturated carbocycles. The third kappa shape index (κ3) is 13.8. The van der Waals surface area contributed by atoms with E-state index in [2.05, 4.69) is 218 Å². The second kappa shape index (κ2) is 27.2. The predicted molar refractivity (Wildman–Crippen MR) is 365 cm³/mol. The number of nitrogens with zero attached hydrogens (tertiary/aromatic N) is 12. The zero-order chi connectivity index (χ0) is 63.8. The van der Waals surface area contributed by atoms with E-state index in [0.717, 1.165) is 67.1 Å². The van der Waals surface area contributed by atoms with Gasteiger partial charge in [0, 0.05) is 37.8 Å². The van der Waals surface area contributed by atoms with Gasteiger partial charge in [0.2, 0.25) is 0 Å². The van der Waals surface area contributed by atoms with Gasteiger partial charge in [-0.2, -0.15) is 28.1 Å². The Morgan fingerprint density at radius 3 is 1.00 bits per heavy atom. The van der Waals surface area contributed by atoms with Crippen molar-refractivity contribution in [3.05, 3.63) is 297 Å². The lowest BCUT2D eigenvalue weighted by Crippen LogP contribution is -2.22. The number of benzene rings is 9. The van der Waals surface area contributed by atoms with Crippen LogP contribution < -0.4 is 17.1 Å². The van der Waals surface area contributed by atoms with E-state index < -0.39 is 0 Å². The summed E-state index contributed by atoms with van der Waals surface area (Å²) in [5, 5.41) is 23.5. The van der Waals surface area contributed by atoms with Crippen LogP contribution in [0, 0.1) is 62.3 Å². The molecule has 0 bridgehead atoms. The zero-order valence-corrected chi connectivity index (χ0v) is 52.9. The van der Waals surface area contributed by atoms with Gasteiger partial charge in [0.1, 0.15) is 0 Å². The molecule has 9 aromatic carbocycles. The van der Waals surface area contributed by atoms with E-state index in [4.69, 9.17) is 0 Å². The van der Waals surface area contributed by atoms with Gasteiger partial charge in [-0.3, -0.25) is 0 Å². The highest BCUT2D eigenvalue weighted by atomic mass is 16.2. The van der Waals surface area contributed by atoms with Gasteiger partial charge in [0.05, 0.1) is 17.1 Å². The molecule has 0 fully saturated rings. The van der Waals surface area contributed by atoms with Crippen molar-refractivity contribution in [2.75, 3.05) is 0 Å². The molecule has 0 radical (unpaired) electrons. The van der Waals surface area contributed by atoms with Gasteiger partial charge in [0.15, 0.2) is 0 Å². The molecule has 12 rings (SSSR count). The molecule has 3 aromatic heterocycles. The number of aryl methyl sites for hydroxylation is 12. The number of hydrogen-bond acceptors (Lipinski definition) is 9.